The van der Waals surface area contributed by atoms with Gasteiger partial charge in [-0.05, 0) is 50.2 Å². The van der Waals surface area contributed by atoms with E-state index >= 15 is 0 Å². The van der Waals surface area contributed by atoms with E-state index in [0.717, 1.165) is 26.2 Å². The van der Waals surface area contributed by atoms with E-state index < -0.39 is 10.0 Å². The molecule has 0 atom stereocenters. The number of aryl methyl sites for hydroxylation is 2. The standard InChI is InChI=1S/C18H24ClN3O2S/c1-15-3-4-16(2)22(15)14-11-20-9-12-21(13-10-20)25(23,24)18-7-5-17(19)6-8-18/h3-8H,9-14H2,1-2H3. The Morgan fingerprint density at radius 1 is 0.880 bits per heavy atom. The highest BCUT2D eigenvalue weighted by Crippen LogP contribution is 2.20. The Morgan fingerprint density at radius 2 is 1.44 bits per heavy atom. The third-order valence-corrected chi connectivity index (χ3v) is 7.00. The van der Waals surface area contributed by atoms with Crippen molar-refractivity contribution in [1.29, 1.82) is 0 Å². The van der Waals surface area contributed by atoms with Crippen LogP contribution in [0.4, 0.5) is 0 Å². The Morgan fingerprint density at radius 3 is 2.00 bits per heavy atom. The summed E-state index contributed by atoms with van der Waals surface area (Å²) in [5, 5.41) is 0.541. The number of benzene rings is 1. The summed E-state index contributed by atoms with van der Waals surface area (Å²) < 4.78 is 29.3. The summed E-state index contributed by atoms with van der Waals surface area (Å²) >= 11 is 5.85. The summed E-state index contributed by atoms with van der Waals surface area (Å²) in [7, 11) is -3.43. The molecule has 2 aromatic rings. The van der Waals surface area contributed by atoms with Crippen molar-refractivity contribution < 1.29 is 8.42 Å². The van der Waals surface area contributed by atoms with Gasteiger partial charge in [0.2, 0.25) is 10.0 Å². The molecule has 1 saturated heterocycles. The van der Waals surface area contributed by atoms with Gasteiger partial charge in [0.1, 0.15) is 0 Å². The first-order valence-electron chi connectivity index (χ1n) is 8.49. The Bertz CT molecular complexity index is 803. The molecule has 136 valence electrons. The number of halogens is 1. The minimum atomic E-state index is -3.43. The van der Waals surface area contributed by atoms with Crippen LogP contribution in [0.1, 0.15) is 11.4 Å². The zero-order chi connectivity index (χ0) is 18.0. The van der Waals surface area contributed by atoms with Gasteiger partial charge in [-0.15, -0.1) is 0 Å². The molecule has 1 aliphatic heterocycles. The smallest absolute Gasteiger partial charge is 0.243 e. The predicted molar refractivity (Wildman–Crippen MR) is 101 cm³/mol. The van der Waals surface area contributed by atoms with Crippen LogP contribution in [0.5, 0.6) is 0 Å². The van der Waals surface area contributed by atoms with Crippen LogP contribution in [0.2, 0.25) is 5.02 Å². The molecule has 5 nitrogen and oxygen atoms in total. The summed E-state index contributed by atoms with van der Waals surface area (Å²) in [5.41, 5.74) is 2.53. The van der Waals surface area contributed by atoms with Crippen molar-refractivity contribution in [3.05, 3.63) is 52.8 Å². The summed E-state index contributed by atoms with van der Waals surface area (Å²) in [6.07, 6.45) is 0. The van der Waals surface area contributed by atoms with Crippen molar-refractivity contribution in [2.75, 3.05) is 32.7 Å². The van der Waals surface area contributed by atoms with E-state index in [1.807, 2.05) is 0 Å². The van der Waals surface area contributed by atoms with Gasteiger partial charge in [0.25, 0.3) is 0 Å². The molecule has 25 heavy (non-hydrogen) atoms. The third kappa shape index (κ3) is 4.08. The van der Waals surface area contributed by atoms with Gasteiger partial charge >= 0.3 is 0 Å². The fraction of sp³-hybridized carbons (Fsp3) is 0.444. The van der Waals surface area contributed by atoms with Gasteiger partial charge in [-0.2, -0.15) is 4.31 Å². The van der Waals surface area contributed by atoms with Gasteiger partial charge in [-0.1, -0.05) is 11.6 Å². The lowest BCUT2D eigenvalue weighted by Gasteiger charge is -2.34. The Kier molecular flexibility index (Phi) is 5.53. The summed E-state index contributed by atoms with van der Waals surface area (Å²) in [6, 6.07) is 10.6. The molecular formula is C18H24ClN3O2S. The molecule has 7 heteroatoms. The number of hydrogen-bond acceptors (Lipinski definition) is 3. The van der Waals surface area contributed by atoms with Crippen molar-refractivity contribution >= 4 is 21.6 Å². The number of nitrogens with zero attached hydrogens (tertiary/aromatic N) is 3. The molecule has 0 radical (unpaired) electrons. The number of hydrogen-bond donors (Lipinski definition) is 0. The van der Waals surface area contributed by atoms with Crippen LogP contribution in [0.3, 0.4) is 0 Å². The first-order chi connectivity index (χ1) is 11.9. The number of sulfonamides is 1. The minimum Gasteiger partial charge on any atom is -0.348 e. The maximum atomic E-state index is 12.7. The monoisotopic (exact) mass is 381 g/mol. The molecule has 0 aliphatic carbocycles. The Labute approximate surface area is 154 Å². The topological polar surface area (TPSA) is 45.5 Å². The number of aromatic nitrogens is 1. The van der Waals surface area contributed by atoms with Gasteiger partial charge in [0, 0.05) is 55.7 Å². The van der Waals surface area contributed by atoms with E-state index in [2.05, 4.69) is 35.4 Å². The molecule has 0 saturated carbocycles. The van der Waals surface area contributed by atoms with Crippen LogP contribution in [-0.4, -0.2) is 54.9 Å². The third-order valence-electron chi connectivity index (χ3n) is 4.84. The fourth-order valence-corrected chi connectivity index (χ4v) is 4.79. The highest BCUT2D eigenvalue weighted by molar-refractivity contribution is 7.89. The van der Waals surface area contributed by atoms with E-state index in [0.29, 0.717) is 23.0 Å². The molecule has 3 rings (SSSR count). The molecule has 0 unspecified atom stereocenters. The van der Waals surface area contributed by atoms with Crippen LogP contribution in [-0.2, 0) is 16.6 Å². The minimum absolute atomic E-state index is 0.309. The fourth-order valence-electron chi connectivity index (χ4n) is 3.24. The lowest BCUT2D eigenvalue weighted by molar-refractivity contribution is 0.182. The van der Waals surface area contributed by atoms with Crippen LogP contribution >= 0.6 is 11.6 Å². The highest BCUT2D eigenvalue weighted by atomic mass is 35.5. The van der Waals surface area contributed by atoms with E-state index in [4.69, 9.17) is 11.6 Å². The lowest BCUT2D eigenvalue weighted by Crippen LogP contribution is -2.49. The van der Waals surface area contributed by atoms with Gasteiger partial charge in [-0.3, -0.25) is 4.90 Å². The second-order valence-corrected chi connectivity index (χ2v) is 8.84. The molecular weight excluding hydrogens is 358 g/mol. The van der Waals surface area contributed by atoms with E-state index in [-0.39, 0.29) is 0 Å². The zero-order valence-electron chi connectivity index (χ0n) is 14.7. The molecule has 0 N–H and O–H groups in total. The second-order valence-electron chi connectivity index (χ2n) is 6.47. The van der Waals surface area contributed by atoms with Crippen LogP contribution in [0.25, 0.3) is 0 Å². The average Bonchev–Trinajstić information content (AvgIpc) is 2.92. The predicted octanol–water partition coefficient (Wildman–Crippen LogP) is 2.76. The van der Waals surface area contributed by atoms with E-state index in [9.17, 15) is 8.42 Å². The number of rotatable bonds is 5. The highest BCUT2D eigenvalue weighted by Gasteiger charge is 2.28. The molecule has 1 aromatic carbocycles. The summed E-state index contributed by atoms with van der Waals surface area (Å²) in [4.78, 5) is 2.64. The molecule has 0 bridgehead atoms. The van der Waals surface area contributed by atoms with Crippen molar-refractivity contribution in [3.8, 4) is 0 Å². The van der Waals surface area contributed by atoms with Crippen LogP contribution < -0.4 is 0 Å². The van der Waals surface area contributed by atoms with E-state index in [1.165, 1.54) is 11.4 Å². The van der Waals surface area contributed by atoms with Crippen molar-refractivity contribution in [2.24, 2.45) is 0 Å². The molecule has 1 aromatic heterocycles. The molecule has 2 heterocycles. The van der Waals surface area contributed by atoms with Gasteiger partial charge < -0.3 is 4.57 Å². The maximum absolute atomic E-state index is 12.7. The number of piperazine rings is 1. The molecule has 0 amide bonds. The zero-order valence-corrected chi connectivity index (χ0v) is 16.2. The van der Waals surface area contributed by atoms with Crippen LogP contribution in [0, 0.1) is 13.8 Å². The van der Waals surface area contributed by atoms with Gasteiger partial charge in [0.15, 0.2) is 0 Å². The van der Waals surface area contributed by atoms with Gasteiger partial charge in [0.05, 0.1) is 4.90 Å². The van der Waals surface area contributed by atoms with Crippen molar-refractivity contribution in [1.82, 2.24) is 13.8 Å². The SMILES string of the molecule is Cc1ccc(C)n1CCN1CCN(S(=O)(=O)c2ccc(Cl)cc2)CC1. The largest absolute Gasteiger partial charge is 0.348 e. The lowest BCUT2D eigenvalue weighted by atomic mass is 10.3. The first-order valence-corrected chi connectivity index (χ1v) is 10.3. The normalized spacial score (nSPS) is 17.1. The molecule has 1 aliphatic rings. The molecule has 0 spiro atoms. The van der Waals surface area contributed by atoms with Crippen molar-refractivity contribution in [3.63, 3.8) is 0 Å². The maximum Gasteiger partial charge on any atom is 0.243 e. The van der Waals surface area contributed by atoms with Crippen LogP contribution in [0.15, 0.2) is 41.3 Å². The molecule has 1 fully saturated rings. The van der Waals surface area contributed by atoms with E-state index in [1.54, 1.807) is 28.6 Å². The Hall–Kier alpha value is -1.34. The van der Waals surface area contributed by atoms with Crippen molar-refractivity contribution in [2.45, 2.75) is 25.3 Å². The quantitative estimate of drug-likeness (QED) is 0.800. The first kappa shape index (κ1) is 18.5. The summed E-state index contributed by atoms with van der Waals surface area (Å²) in [5.74, 6) is 0. The second kappa shape index (κ2) is 7.50. The van der Waals surface area contributed by atoms with Gasteiger partial charge in [-0.25, -0.2) is 8.42 Å². The summed E-state index contributed by atoms with van der Waals surface area (Å²) in [6.45, 7) is 8.66. The average molecular weight is 382 g/mol. The Balaban J connectivity index is 1.57.